The summed E-state index contributed by atoms with van der Waals surface area (Å²) in [5.41, 5.74) is 39.4. The van der Waals surface area contributed by atoms with Crippen molar-refractivity contribution in [2.45, 2.75) is 30.1 Å². The minimum absolute atomic E-state index is 0.0283. The predicted octanol–water partition coefficient (Wildman–Crippen LogP) is 30.1. The molecule has 131 heavy (non-hydrogen) atoms. The molecule has 0 unspecified atom stereocenters. The first kappa shape index (κ1) is 72.2. The Labute approximate surface area is 752 Å². The highest BCUT2D eigenvalue weighted by Crippen LogP contribution is 2.68. The highest BCUT2D eigenvalue weighted by molar-refractivity contribution is 6.24. The number of imidazole rings is 2. The molecule has 0 saturated heterocycles. The van der Waals surface area contributed by atoms with Crippen molar-refractivity contribution < 1.29 is 0 Å². The summed E-state index contributed by atoms with van der Waals surface area (Å²) in [6, 6.07) is 157. The minimum Gasteiger partial charge on any atom is -0.279 e. The van der Waals surface area contributed by atoms with E-state index in [9.17, 15) is 0 Å². The zero-order valence-electron chi connectivity index (χ0n) is 71.5. The van der Waals surface area contributed by atoms with Crippen LogP contribution >= 0.6 is 0 Å². The molecule has 0 atom stereocenters. The van der Waals surface area contributed by atoms with Crippen molar-refractivity contribution in [2.75, 3.05) is 0 Å². The van der Waals surface area contributed by atoms with Crippen LogP contribution in [0, 0.1) is 0 Å². The van der Waals surface area contributed by atoms with E-state index >= 15 is 0 Å². The largest absolute Gasteiger partial charge is 0.279 e. The van der Waals surface area contributed by atoms with Gasteiger partial charge >= 0.3 is 0 Å². The van der Waals surface area contributed by atoms with Gasteiger partial charge in [0, 0.05) is 37.7 Å². The van der Waals surface area contributed by atoms with Gasteiger partial charge in [-0.3, -0.25) is 17.9 Å². The van der Waals surface area contributed by atoms with E-state index in [0.717, 1.165) is 94.7 Å². The van der Waals surface area contributed by atoms with E-state index < -0.39 is 10.8 Å². The van der Waals surface area contributed by atoms with Crippen molar-refractivity contribution in [3.8, 4) is 78.7 Å². The fourth-order valence-electron chi connectivity index (χ4n) is 24.2. The summed E-state index contributed by atoms with van der Waals surface area (Å²) < 4.78 is 9.21. The molecule has 30 rings (SSSR count). The molecule has 6 aromatic heterocycles. The van der Waals surface area contributed by atoms with Crippen LogP contribution in [-0.4, -0.2) is 37.9 Å². The Morgan fingerprint density at radius 3 is 0.977 bits per heavy atom. The third-order valence-corrected chi connectivity index (χ3v) is 29.9. The second kappa shape index (κ2) is 26.6. The Kier molecular flexibility index (Phi) is 14.7. The highest BCUT2D eigenvalue weighted by Gasteiger charge is 2.59. The van der Waals surface area contributed by atoms with Crippen LogP contribution < -0.4 is 0 Å². The second-order valence-electron chi connectivity index (χ2n) is 36.6. The first-order chi connectivity index (χ1) is 64.7. The molecule has 0 amide bonds. The summed E-state index contributed by atoms with van der Waals surface area (Å²) in [7, 11) is 0. The summed E-state index contributed by atoms with van der Waals surface area (Å²) in [6.07, 6.45) is 0. The maximum atomic E-state index is 5.53. The van der Waals surface area contributed by atoms with Crippen LogP contribution in [0.25, 0.3) is 210 Å². The van der Waals surface area contributed by atoms with E-state index in [1.165, 1.54) is 171 Å². The lowest BCUT2D eigenvalue weighted by molar-refractivity contribution is 0.633. The summed E-state index contributed by atoms with van der Waals surface area (Å²) in [5.74, 6) is 1.64. The van der Waals surface area contributed by atoms with Gasteiger partial charge in [0.15, 0.2) is 0 Å². The number of fused-ring (bicyclic) bond motifs is 40. The van der Waals surface area contributed by atoms with Gasteiger partial charge in [0.05, 0.1) is 66.0 Å². The Bertz CT molecular complexity index is 9490. The van der Waals surface area contributed by atoms with Gasteiger partial charge in [-0.1, -0.05) is 329 Å². The average Bonchev–Trinajstić information content (AvgIpc) is 1.52. The van der Waals surface area contributed by atoms with Crippen LogP contribution in [0.4, 0.5) is 0 Å². The molecule has 8 heteroatoms. The van der Waals surface area contributed by atoms with Crippen molar-refractivity contribution in [1.29, 1.82) is 0 Å². The van der Waals surface area contributed by atoms with Gasteiger partial charge in [-0.2, -0.15) is 0 Å². The minimum atomic E-state index is -0.579. The normalized spacial score (nSPS) is 13.9. The first-order valence-corrected chi connectivity index (χ1v) is 45.4. The van der Waals surface area contributed by atoms with E-state index in [1.54, 1.807) is 0 Å². The number of aromatic nitrogens is 8. The highest BCUT2D eigenvalue weighted by atomic mass is 15.2. The molecule has 2 spiro atoms. The molecule has 0 radical (unpaired) electrons. The Morgan fingerprint density at radius 2 is 0.504 bits per heavy atom. The topological polar surface area (TPSA) is 70.2 Å². The summed E-state index contributed by atoms with van der Waals surface area (Å²) in [5, 5.41) is 14.2. The predicted molar refractivity (Wildman–Crippen MR) is 539 cm³/mol. The molecule has 0 N–H and O–H groups in total. The lowest BCUT2D eigenvalue weighted by Crippen LogP contribution is -2.43. The quantitative estimate of drug-likeness (QED) is 0.172. The molecule has 4 aliphatic rings. The van der Waals surface area contributed by atoms with E-state index in [0.29, 0.717) is 0 Å². The molecular weight excluding hydrogens is 1590 g/mol. The first-order valence-electron chi connectivity index (χ1n) is 45.4. The third kappa shape index (κ3) is 9.71. The Balaban J connectivity index is 0.000000131. The van der Waals surface area contributed by atoms with Crippen LogP contribution in [0.2, 0.25) is 0 Å². The average molecular weight is 1670 g/mol. The van der Waals surface area contributed by atoms with Crippen molar-refractivity contribution in [1.82, 2.24) is 37.9 Å². The summed E-state index contributed by atoms with van der Waals surface area (Å²) in [4.78, 5) is 21.3. The molecule has 6 heterocycles. The molecule has 4 aliphatic carbocycles. The van der Waals surface area contributed by atoms with Crippen molar-refractivity contribution in [3.63, 3.8) is 0 Å². The van der Waals surface area contributed by atoms with E-state index in [4.69, 9.17) is 19.9 Å². The van der Waals surface area contributed by atoms with Crippen LogP contribution in [0.15, 0.2) is 425 Å². The van der Waals surface area contributed by atoms with Gasteiger partial charge in [-0.25, -0.2) is 19.9 Å². The SMILES string of the molecule is CC1(C)c2ccccc2-c2ccc(-c3ccc4cc(-c5ccc6c(c5)c5c7ccccc7ccc5n6-c5nc6ccccc6c6nc7ccccc7n56)ccc4c3)cc21.c1ccc2c(c1)-c1ccccc1C21c2ccccc2C2(c3ccccc3-c3ccccc32)c2cc(-c3ccc4c(c3)c3c5ccccc5ccc3n4-c3nc4ccccc4c4nc5ccccc5n34)ccc21. The number of nitrogens with zero attached hydrogens (tertiary/aromatic N) is 8. The smallest absolute Gasteiger partial charge is 0.221 e. The molecule has 20 aromatic carbocycles. The second-order valence-corrected chi connectivity index (χ2v) is 36.6. The third-order valence-electron chi connectivity index (χ3n) is 29.9. The molecule has 0 fully saturated rings. The molecule has 608 valence electrons. The van der Waals surface area contributed by atoms with Crippen molar-refractivity contribution in [2.24, 2.45) is 0 Å². The van der Waals surface area contributed by atoms with Gasteiger partial charge < -0.3 is 0 Å². The number of para-hydroxylation sites is 6. The molecule has 8 nitrogen and oxygen atoms in total. The van der Waals surface area contributed by atoms with Gasteiger partial charge in [0.25, 0.3) is 0 Å². The maximum absolute atomic E-state index is 5.53. The van der Waals surface area contributed by atoms with E-state index in [2.05, 4.69) is 456 Å². The van der Waals surface area contributed by atoms with Gasteiger partial charge in [0.2, 0.25) is 11.9 Å². The Morgan fingerprint density at radius 1 is 0.191 bits per heavy atom. The zero-order chi connectivity index (χ0) is 85.8. The van der Waals surface area contributed by atoms with E-state index in [-0.39, 0.29) is 5.41 Å². The van der Waals surface area contributed by atoms with Crippen molar-refractivity contribution in [3.05, 3.63) is 480 Å². The van der Waals surface area contributed by atoms with Crippen LogP contribution in [-0.2, 0) is 16.2 Å². The molecule has 26 aromatic rings. The lowest BCUT2D eigenvalue weighted by Gasteiger charge is -2.49. The van der Waals surface area contributed by atoms with Gasteiger partial charge in [-0.15, -0.1) is 0 Å². The fourth-order valence-corrected chi connectivity index (χ4v) is 24.2. The molecular formula is C123H76N8. The number of hydrogen-bond donors (Lipinski definition) is 0. The summed E-state index contributed by atoms with van der Waals surface area (Å²) in [6.45, 7) is 4.70. The maximum Gasteiger partial charge on any atom is 0.221 e. The van der Waals surface area contributed by atoms with Crippen LogP contribution in [0.1, 0.15) is 69.5 Å². The van der Waals surface area contributed by atoms with Gasteiger partial charge in [0.1, 0.15) is 11.3 Å². The molecule has 0 aliphatic heterocycles. The zero-order valence-corrected chi connectivity index (χ0v) is 71.5. The van der Waals surface area contributed by atoms with Crippen LogP contribution in [0.3, 0.4) is 0 Å². The lowest BCUT2D eigenvalue weighted by atomic mass is 9.52. The van der Waals surface area contributed by atoms with E-state index in [1.807, 2.05) is 0 Å². The van der Waals surface area contributed by atoms with Crippen molar-refractivity contribution >= 4 is 131 Å². The Hall–Kier alpha value is -16.9. The summed E-state index contributed by atoms with van der Waals surface area (Å²) >= 11 is 0. The number of rotatable bonds is 5. The molecule has 0 saturated carbocycles. The standard InChI is InChI=1S/C68H40N4.C55H36N4/c1-2-18-44-41(17-1)34-38-63-64(44)50-39-42(35-37-61(50)71(63)66-70-59-30-14-7-23-49(59)65-69-60-31-15-16-32-62(60)72(65)66)43-33-36-57-58(40-43)68(53-26-10-5-21-47(53)48-22-6-11-27-54(48)68)56-29-13-12-28-55(56)67(57)51-24-8-3-19-45(51)46-20-4-9-25-52(46)67;1-55(2)45-15-7-5-13-41(45)42-26-23-39(32-46(42)55)37-22-20-34-29-36(21-19-35(34)30-37)38-25-27-49-44(31-38)52-40-12-4-3-11-33(40)24-28-51(52)58(49)54-57-47-16-8-6-14-43(47)53-56-48-17-9-10-18-50(48)59(53)54/h1-40H;3-32H,1-2H3. The van der Waals surface area contributed by atoms with Gasteiger partial charge in [-0.05, 0) is 264 Å². The molecule has 0 bridgehead atoms. The number of hydrogen-bond acceptors (Lipinski definition) is 4. The fraction of sp³-hybridized carbons (Fsp3) is 0.0407. The van der Waals surface area contributed by atoms with Crippen LogP contribution in [0.5, 0.6) is 0 Å². The monoisotopic (exact) mass is 1660 g/mol. The number of benzene rings is 20.